The minimum atomic E-state index is -3.63. The largest absolute Gasteiger partial charge is 0.295 e. The first kappa shape index (κ1) is 20.5. The molecule has 154 valence electrons. The van der Waals surface area contributed by atoms with Gasteiger partial charge in [-0.1, -0.05) is 49.4 Å². The van der Waals surface area contributed by atoms with E-state index in [0.717, 1.165) is 17.7 Å². The van der Waals surface area contributed by atoms with Gasteiger partial charge in [0.05, 0.1) is 10.6 Å². The quantitative estimate of drug-likeness (QED) is 0.599. The lowest BCUT2D eigenvalue weighted by Gasteiger charge is -2.24. The molecule has 0 radical (unpaired) electrons. The Morgan fingerprint density at radius 2 is 1.63 bits per heavy atom. The first-order valence-electron chi connectivity index (χ1n) is 9.68. The Bertz CT molecular complexity index is 1130. The number of hydrogen-bond acceptors (Lipinski definition) is 4. The highest BCUT2D eigenvalue weighted by Crippen LogP contribution is 2.42. The Balaban J connectivity index is 1.55. The van der Waals surface area contributed by atoms with Crippen LogP contribution in [0.5, 0.6) is 0 Å². The molecule has 1 heterocycles. The van der Waals surface area contributed by atoms with Crippen LogP contribution in [-0.4, -0.2) is 20.1 Å². The van der Waals surface area contributed by atoms with Gasteiger partial charge in [0.15, 0.2) is 0 Å². The number of thioether (sulfide) groups is 1. The lowest BCUT2D eigenvalue weighted by atomic mass is 10.1. The van der Waals surface area contributed by atoms with Crippen LogP contribution in [0.3, 0.4) is 0 Å². The number of anilines is 2. The number of aryl methyl sites for hydroxylation is 1. The summed E-state index contributed by atoms with van der Waals surface area (Å²) < 4.78 is 27.6. The molecule has 3 aromatic rings. The van der Waals surface area contributed by atoms with Crippen molar-refractivity contribution in [1.29, 1.82) is 0 Å². The number of amides is 1. The van der Waals surface area contributed by atoms with Crippen molar-refractivity contribution in [3.05, 3.63) is 90.0 Å². The molecule has 7 heteroatoms. The van der Waals surface area contributed by atoms with E-state index in [1.165, 1.54) is 5.56 Å². The van der Waals surface area contributed by atoms with Gasteiger partial charge in [0.1, 0.15) is 5.37 Å². The molecule has 1 amide bonds. The zero-order valence-corrected chi connectivity index (χ0v) is 18.1. The Morgan fingerprint density at radius 3 is 2.27 bits per heavy atom. The second-order valence-corrected chi connectivity index (χ2v) is 9.74. The third kappa shape index (κ3) is 4.22. The number of sulfonamides is 1. The molecule has 1 N–H and O–H groups in total. The molecule has 0 bridgehead atoms. The van der Waals surface area contributed by atoms with E-state index in [-0.39, 0.29) is 16.2 Å². The summed E-state index contributed by atoms with van der Waals surface area (Å²) in [6.07, 6.45) is 0.951. The number of rotatable bonds is 6. The van der Waals surface area contributed by atoms with E-state index in [9.17, 15) is 13.2 Å². The highest BCUT2D eigenvalue weighted by Gasteiger charge is 2.34. The number of nitrogens with one attached hydrogen (secondary N) is 1. The normalized spacial score (nSPS) is 16.6. The van der Waals surface area contributed by atoms with Crippen molar-refractivity contribution >= 4 is 39.1 Å². The maximum absolute atomic E-state index is 12.5. The number of carbonyl (C=O) groups is 1. The topological polar surface area (TPSA) is 66.5 Å². The fraction of sp³-hybridized carbons (Fsp3) is 0.174. The molecule has 0 spiro atoms. The molecular formula is C23H22N2O3S2. The van der Waals surface area contributed by atoms with Crippen molar-refractivity contribution in [1.82, 2.24) is 0 Å². The second-order valence-electron chi connectivity index (χ2n) is 6.99. The van der Waals surface area contributed by atoms with Crippen molar-refractivity contribution in [3.63, 3.8) is 0 Å². The van der Waals surface area contributed by atoms with Crippen LogP contribution in [0.25, 0.3) is 0 Å². The van der Waals surface area contributed by atoms with Gasteiger partial charge < -0.3 is 0 Å². The van der Waals surface area contributed by atoms with Gasteiger partial charge >= 0.3 is 0 Å². The summed E-state index contributed by atoms with van der Waals surface area (Å²) in [6, 6.07) is 23.5. The standard InChI is InChI=1S/C23H22N2O3S2/c1-2-17-8-14-20(15-9-17)25-22(26)16-29-23(25)18-10-12-19(13-11-18)24-30(27,28)21-6-4-3-5-7-21/h3-15,23-24H,2,16H2,1H3/t23-/m0/s1. The molecule has 0 aromatic heterocycles. The van der Waals surface area contributed by atoms with Gasteiger partial charge in [0.2, 0.25) is 5.91 Å². The van der Waals surface area contributed by atoms with Gasteiger partial charge in [-0.15, -0.1) is 11.8 Å². The van der Waals surface area contributed by atoms with Crippen LogP contribution in [-0.2, 0) is 21.2 Å². The molecule has 5 nitrogen and oxygen atoms in total. The lowest BCUT2D eigenvalue weighted by molar-refractivity contribution is -0.115. The minimum absolute atomic E-state index is 0.0723. The van der Waals surface area contributed by atoms with Crippen molar-refractivity contribution in [2.75, 3.05) is 15.4 Å². The Hall–Kier alpha value is -2.77. The first-order chi connectivity index (χ1) is 14.5. The SMILES string of the molecule is CCc1ccc(N2C(=O)CS[C@H]2c2ccc(NS(=O)(=O)c3ccccc3)cc2)cc1. The van der Waals surface area contributed by atoms with Crippen LogP contribution in [0.1, 0.15) is 23.4 Å². The smallest absolute Gasteiger partial charge is 0.261 e. The van der Waals surface area contributed by atoms with E-state index >= 15 is 0 Å². The monoisotopic (exact) mass is 438 g/mol. The van der Waals surface area contributed by atoms with Crippen LogP contribution in [0.15, 0.2) is 83.8 Å². The van der Waals surface area contributed by atoms with Gasteiger partial charge in [0.25, 0.3) is 10.0 Å². The van der Waals surface area contributed by atoms with Crippen molar-refractivity contribution < 1.29 is 13.2 Å². The van der Waals surface area contributed by atoms with Crippen LogP contribution < -0.4 is 9.62 Å². The van der Waals surface area contributed by atoms with E-state index in [1.807, 2.05) is 41.3 Å². The number of benzene rings is 3. The molecule has 1 atom stereocenters. The predicted molar refractivity (Wildman–Crippen MR) is 122 cm³/mol. The summed E-state index contributed by atoms with van der Waals surface area (Å²) in [5.41, 5.74) is 3.54. The van der Waals surface area contributed by atoms with Gasteiger partial charge in [-0.2, -0.15) is 0 Å². The molecular weight excluding hydrogens is 416 g/mol. The zero-order valence-electron chi connectivity index (χ0n) is 16.5. The van der Waals surface area contributed by atoms with Crippen molar-refractivity contribution in [2.45, 2.75) is 23.6 Å². The van der Waals surface area contributed by atoms with E-state index in [1.54, 1.807) is 54.2 Å². The molecule has 30 heavy (non-hydrogen) atoms. The fourth-order valence-corrected chi connectivity index (χ4v) is 5.63. The third-order valence-corrected chi connectivity index (χ3v) is 7.60. The summed E-state index contributed by atoms with van der Waals surface area (Å²) in [5, 5.41) is -0.134. The Kier molecular flexibility index (Phi) is 5.83. The Labute approximate surface area is 181 Å². The van der Waals surface area contributed by atoms with E-state index < -0.39 is 10.0 Å². The molecule has 1 fully saturated rings. The van der Waals surface area contributed by atoms with E-state index in [4.69, 9.17) is 0 Å². The molecule has 0 saturated carbocycles. The van der Waals surface area contributed by atoms with Crippen molar-refractivity contribution in [2.24, 2.45) is 0 Å². The lowest BCUT2D eigenvalue weighted by Crippen LogP contribution is -2.27. The summed E-state index contributed by atoms with van der Waals surface area (Å²) in [7, 11) is -3.63. The van der Waals surface area contributed by atoms with Crippen molar-refractivity contribution in [3.8, 4) is 0 Å². The van der Waals surface area contributed by atoms with Gasteiger partial charge in [-0.25, -0.2) is 8.42 Å². The third-order valence-electron chi connectivity index (χ3n) is 4.99. The highest BCUT2D eigenvalue weighted by atomic mass is 32.2. The zero-order chi connectivity index (χ0) is 21.1. The fourth-order valence-electron chi connectivity index (χ4n) is 3.37. The van der Waals surface area contributed by atoms with Gasteiger partial charge in [-0.3, -0.25) is 14.4 Å². The van der Waals surface area contributed by atoms with Gasteiger partial charge in [-0.05, 0) is 53.9 Å². The van der Waals surface area contributed by atoms with E-state index in [2.05, 4.69) is 11.6 Å². The number of carbonyl (C=O) groups excluding carboxylic acids is 1. The van der Waals surface area contributed by atoms with Gasteiger partial charge in [0, 0.05) is 11.4 Å². The Morgan fingerprint density at radius 1 is 0.967 bits per heavy atom. The average Bonchev–Trinajstić information content (AvgIpc) is 3.16. The average molecular weight is 439 g/mol. The molecule has 1 saturated heterocycles. The molecule has 1 aliphatic heterocycles. The molecule has 1 aliphatic rings. The molecule has 0 unspecified atom stereocenters. The predicted octanol–water partition coefficient (Wildman–Crippen LogP) is 4.83. The molecule has 3 aromatic carbocycles. The summed E-state index contributed by atoms with van der Waals surface area (Å²) in [6.45, 7) is 2.10. The summed E-state index contributed by atoms with van der Waals surface area (Å²) in [5.74, 6) is 0.492. The van der Waals surface area contributed by atoms with Crippen LogP contribution >= 0.6 is 11.8 Å². The maximum Gasteiger partial charge on any atom is 0.261 e. The summed E-state index contributed by atoms with van der Waals surface area (Å²) >= 11 is 1.57. The molecule has 0 aliphatic carbocycles. The number of nitrogens with zero attached hydrogens (tertiary/aromatic N) is 1. The molecule has 4 rings (SSSR count). The van der Waals surface area contributed by atoms with Crippen LogP contribution in [0, 0.1) is 0 Å². The maximum atomic E-state index is 12.5. The second kappa shape index (κ2) is 8.53. The van der Waals surface area contributed by atoms with E-state index in [0.29, 0.717) is 11.4 Å². The number of hydrogen-bond donors (Lipinski definition) is 1. The first-order valence-corrected chi connectivity index (χ1v) is 12.2. The van der Waals surface area contributed by atoms with Crippen LogP contribution in [0.2, 0.25) is 0 Å². The minimum Gasteiger partial charge on any atom is -0.295 e. The van der Waals surface area contributed by atoms with Crippen LogP contribution in [0.4, 0.5) is 11.4 Å². The highest BCUT2D eigenvalue weighted by molar-refractivity contribution is 8.00. The summed E-state index contributed by atoms with van der Waals surface area (Å²) in [4.78, 5) is 14.6.